The third kappa shape index (κ3) is 2.57. The summed E-state index contributed by atoms with van der Waals surface area (Å²) >= 11 is 0. The number of carbonyl (C=O) groups excluding carboxylic acids is 1. The highest BCUT2D eigenvalue weighted by atomic mass is 16.3. The topological polar surface area (TPSA) is 76.3 Å². The average molecular weight is 301 g/mol. The number of hydrogen-bond acceptors (Lipinski definition) is 3. The van der Waals surface area contributed by atoms with E-state index in [1.165, 1.54) is 4.57 Å². The average Bonchev–Trinajstić information content (AvgIpc) is 3.06. The number of aromatic nitrogens is 2. The minimum atomic E-state index is -0.202. The molecule has 1 aromatic heterocycles. The number of imidazole rings is 1. The van der Waals surface area contributed by atoms with E-state index in [4.69, 9.17) is 5.11 Å². The monoisotopic (exact) mass is 301 g/mol. The molecule has 0 radical (unpaired) electrons. The molecule has 3 rings (SSSR count). The number of benzene rings is 1. The van der Waals surface area contributed by atoms with Gasteiger partial charge < -0.3 is 10.4 Å². The standard InChI is InChI=1S/C16H19N3O3/c1-18-13-4-2-3-5-14(13)19(16(18)22)9-15(21)17-12-7-6-11(8-12)10-20/h2-7,11-12,20H,8-10H2,1H3,(H,17,21)/t11-,12+/m0/s1. The molecular weight excluding hydrogens is 282 g/mol. The van der Waals surface area contributed by atoms with Crippen LogP contribution < -0.4 is 11.0 Å². The lowest BCUT2D eigenvalue weighted by Gasteiger charge is -2.13. The second kappa shape index (κ2) is 5.81. The van der Waals surface area contributed by atoms with E-state index in [1.807, 2.05) is 36.4 Å². The van der Waals surface area contributed by atoms with E-state index in [0.717, 1.165) is 11.0 Å². The van der Waals surface area contributed by atoms with Crippen LogP contribution in [0.5, 0.6) is 0 Å². The second-order valence-corrected chi connectivity index (χ2v) is 5.65. The van der Waals surface area contributed by atoms with Gasteiger partial charge in [0.2, 0.25) is 5.91 Å². The van der Waals surface area contributed by atoms with Crippen LogP contribution in [0.15, 0.2) is 41.2 Å². The van der Waals surface area contributed by atoms with Gasteiger partial charge in [0, 0.05) is 25.6 Å². The van der Waals surface area contributed by atoms with Gasteiger partial charge in [-0.3, -0.25) is 13.9 Å². The highest BCUT2D eigenvalue weighted by Gasteiger charge is 2.20. The summed E-state index contributed by atoms with van der Waals surface area (Å²) in [4.78, 5) is 24.5. The third-order valence-corrected chi connectivity index (χ3v) is 4.11. The number of aliphatic hydroxyl groups excluding tert-OH is 1. The Morgan fingerprint density at radius 1 is 1.32 bits per heavy atom. The Hall–Kier alpha value is -2.34. The summed E-state index contributed by atoms with van der Waals surface area (Å²) in [5.41, 5.74) is 1.35. The van der Waals surface area contributed by atoms with Crippen LogP contribution in [0.4, 0.5) is 0 Å². The summed E-state index contributed by atoms with van der Waals surface area (Å²) in [6.45, 7) is 0.0833. The van der Waals surface area contributed by atoms with Crippen molar-refractivity contribution in [3.8, 4) is 0 Å². The van der Waals surface area contributed by atoms with Crippen molar-refractivity contribution < 1.29 is 9.90 Å². The Bertz CT molecular complexity index is 788. The van der Waals surface area contributed by atoms with Crippen LogP contribution >= 0.6 is 0 Å². The van der Waals surface area contributed by atoms with Gasteiger partial charge >= 0.3 is 5.69 Å². The first-order valence-electron chi connectivity index (χ1n) is 7.33. The number of fused-ring (bicyclic) bond motifs is 1. The van der Waals surface area contributed by atoms with Crippen molar-refractivity contribution in [1.29, 1.82) is 0 Å². The molecule has 6 nitrogen and oxygen atoms in total. The van der Waals surface area contributed by atoms with Crippen molar-refractivity contribution in [2.24, 2.45) is 13.0 Å². The molecule has 0 unspecified atom stereocenters. The van der Waals surface area contributed by atoms with Gasteiger partial charge in [0.05, 0.1) is 11.0 Å². The Labute approximate surface area is 127 Å². The van der Waals surface area contributed by atoms with Crippen LogP contribution in [0.1, 0.15) is 6.42 Å². The normalized spacial score (nSPS) is 20.6. The molecule has 2 atom stereocenters. The zero-order valence-corrected chi connectivity index (χ0v) is 12.4. The molecule has 1 aliphatic carbocycles. The fraction of sp³-hybridized carbons (Fsp3) is 0.375. The number of nitrogens with zero attached hydrogens (tertiary/aromatic N) is 2. The van der Waals surface area contributed by atoms with Crippen molar-refractivity contribution in [1.82, 2.24) is 14.5 Å². The highest BCUT2D eigenvalue weighted by molar-refractivity contribution is 5.81. The maximum Gasteiger partial charge on any atom is 0.329 e. The number of carbonyl (C=O) groups is 1. The van der Waals surface area contributed by atoms with E-state index in [-0.39, 0.29) is 36.7 Å². The van der Waals surface area contributed by atoms with Gasteiger partial charge in [0.1, 0.15) is 6.54 Å². The molecule has 0 saturated heterocycles. The number of nitrogens with one attached hydrogen (secondary N) is 1. The van der Waals surface area contributed by atoms with E-state index in [2.05, 4.69) is 5.32 Å². The predicted octanol–water partition coefficient (Wildman–Crippen LogP) is 0.393. The van der Waals surface area contributed by atoms with Gasteiger partial charge in [0.25, 0.3) is 0 Å². The first-order chi connectivity index (χ1) is 10.6. The van der Waals surface area contributed by atoms with Gasteiger partial charge in [0.15, 0.2) is 0 Å². The van der Waals surface area contributed by atoms with E-state index in [0.29, 0.717) is 6.42 Å². The molecule has 1 heterocycles. The number of amides is 1. The molecule has 2 aromatic rings. The van der Waals surface area contributed by atoms with E-state index < -0.39 is 0 Å². The van der Waals surface area contributed by atoms with Gasteiger partial charge in [-0.05, 0) is 18.6 Å². The van der Waals surface area contributed by atoms with Crippen molar-refractivity contribution in [3.05, 3.63) is 46.9 Å². The molecule has 0 aliphatic heterocycles. The Balaban J connectivity index is 1.76. The van der Waals surface area contributed by atoms with Crippen molar-refractivity contribution in [3.63, 3.8) is 0 Å². The third-order valence-electron chi connectivity index (χ3n) is 4.11. The zero-order valence-electron chi connectivity index (χ0n) is 12.4. The summed E-state index contributed by atoms with van der Waals surface area (Å²) in [5, 5.41) is 12.0. The van der Waals surface area contributed by atoms with Gasteiger partial charge in [-0.15, -0.1) is 0 Å². The molecule has 0 fully saturated rings. The van der Waals surface area contributed by atoms with Crippen molar-refractivity contribution in [2.75, 3.05) is 6.61 Å². The SMILES string of the molecule is Cn1c(=O)n(CC(=O)N[C@@H]2C=C[C@H](CO)C2)c2ccccc21. The van der Waals surface area contributed by atoms with Gasteiger partial charge in [-0.2, -0.15) is 0 Å². The Morgan fingerprint density at radius 3 is 2.73 bits per heavy atom. The Kier molecular flexibility index (Phi) is 3.85. The van der Waals surface area contributed by atoms with E-state index in [9.17, 15) is 9.59 Å². The molecule has 0 bridgehead atoms. The molecule has 1 amide bonds. The molecule has 2 N–H and O–H groups in total. The van der Waals surface area contributed by atoms with Crippen LogP contribution in [0, 0.1) is 5.92 Å². The predicted molar refractivity (Wildman–Crippen MR) is 83.4 cm³/mol. The number of aliphatic hydroxyl groups is 1. The van der Waals surface area contributed by atoms with Crippen LogP contribution in [-0.4, -0.2) is 32.8 Å². The van der Waals surface area contributed by atoms with Gasteiger partial charge in [-0.1, -0.05) is 24.3 Å². The van der Waals surface area contributed by atoms with E-state index >= 15 is 0 Å². The molecule has 0 spiro atoms. The molecule has 1 aliphatic rings. The quantitative estimate of drug-likeness (QED) is 0.802. The lowest BCUT2D eigenvalue weighted by Crippen LogP contribution is -2.37. The van der Waals surface area contributed by atoms with Crippen molar-refractivity contribution in [2.45, 2.75) is 19.0 Å². The summed E-state index contributed by atoms with van der Waals surface area (Å²) in [5.74, 6) is -0.0997. The summed E-state index contributed by atoms with van der Waals surface area (Å²) < 4.78 is 3.02. The minimum Gasteiger partial charge on any atom is -0.396 e. The number of aryl methyl sites for hydroxylation is 1. The molecule has 0 saturated carbocycles. The molecule has 22 heavy (non-hydrogen) atoms. The fourth-order valence-corrected chi connectivity index (χ4v) is 2.93. The largest absolute Gasteiger partial charge is 0.396 e. The smallest absolute Gasteiger partial charge is 0.329 e. The van der Waals surface area contributed by atoms with Crippen molar-refractivity contribution >= 4 is 16.9 Å². The maximum absolute atomic E-state index is 12.3. The number of hydrogen-bond donors (Lipinski definition) is 2. The van der Waals surface area contributed by atoms with Crippen LogP contribution in [0.2, 0.25) is 0 Å². The summed E-state index contributed by atoms with van der Waals surface area (Å²) in [6.07, 6.45) is 4.51. The van der Waals surface area contributed by atoms with Crippen LogP contribution in [0.25, 0.3) is 11.0 Å². The lowest BCUT2D eigenvalue weighted by atomic mass is 10.1. The first-order valence-corrected chi connectivity index (χ1v) is 7.33. The fourth-order valence-electron chi connectivity index (χ4n) is 2.93. The van der Waals surface area contributed by atoms with Crippen LogP contribution in [0.3, 0.4) is 0 Å². The number of para-hydroxylation sites is 2. The molecular formula is C16H19N3O3. The highest BCUT2D eigenvalue weighted by Crippen LogP contribution is 2.17. The summed E-state index contributed by atoms with van der Waals surface area (Å²) in [7, 11) is 1.70. The Morgan fingerprint density at radius 2 is 2.05 bits per heavy atom. The lowest BCUT2D eigenvalue weighted by molar-refractivity contribution is -0.122. The van der Waals surface area contributed by atoms with Crippen LogP contribution in [-0.2, 0) is 18.4 Å². The number of rotatable bonds is 4. The molecule has 116 valence electrons. The minimum absolute atomic E-state index is 0.00564. The molecule has 6 heteroatoms. The summed E-state index contributed by atoms with van der Waals surface area (Å²) in [6, 6.07) is 7.33. The zero-order chi connectivity index (χ0) is 15.7. The molecule has 1 aromatic carbocycles. The first kappa shape index (κ1) is 14.6. The maximum atomic E-state index is 12.3. The van der Waals surface area contributed by atoms with E-state index in [1.54, 1.807) is 11.6 Å². The van der Waals surface area contributed by atoms with Gasteiger partial charge in [-0.25, -0.2) is 4.79 Å². The second-order valence-electron chi connectivity index (χ2n) is 5.65.